The fourth-order valence-corrected chi connectivity index (χ4v) is 0.778. The highest BCUT2D eigenvalue weighted by Gasteiger charge is 1.96. The zero-order valence-corrected chi connectivity index (χ0v) is 9.19. The van der Waals surface area contributed by atoms with Crippen molar-refractivity contribution < 1.29 is 20.4 Å². The third-order valence-corrected chi connectivity index (χ3v) is 1.77. The highest BCUT2D eigenvalue weighted by molar-refractivity contribution is 4.48. The normalized spacial score (nSPS) is 14.1. The molecule has 4 N–H and O–H groups in total. The Labute approximate surface area is 86.2 Å². The minimum Gasteiger partial charge on any atom is -0.396 e. The maximum Gasteiger partial charge on any atom is 0.0770 e. The van der Waals surface area contributed by atoms with Gasteiger partial charge in [0, 0.05) is 6.61 Å². The van der Waals surface area contributed by atoms with Gasteiger partial charge in [0.1, 0.15) is 0 Å². The summed E-state index contributed by atoms with van der Waals surface area (Å²) in [6.07, 6.45) is 2.09. The number of hydrogen-bond acceptors (Lipinski definition) is 4. The first kappa shape index (κ1) is 16.3. The molecule has 2 atom stereocenters. The zero-order chi connectivity index (χ0) is 11.4. The molecule has 0 amide bonds. The van der Waals surface area contributed by atoms with E-state index in [0.29, 0.717) is 12.8 Å². The molecule has 0 bridgehead atoms. The van der Waals surface area contributed by atoms with Gasteiger partial charge in [-0.3, -0.25) is 0 Å². The Morgan fingerprint density at radius 2 is 1.50 bits per heavy atom. The zero-order valence-electron chi connectivity index (χ0n) is 9.19. The summed E-state index contributed by atoms with van der Waals surface area (Å²) in [4.78, 5) is 0. The van der Waals surface area contributed by atoms with Crippen LogP contribution in [-0.2, 0) is 0 Å². The van der Waals surface area contributed by atoms with Gasteiger partial charge < -0.3 is 20.4 Å². The first-order valence-electron chi connectivity index (χ1n) is 5.20. The maximum atomic E-state index is 8.70. The molecule has 4 heteroatoms. The summed E-state index contributed by atoms with van der Waals surface area (Å²) in [6.45, 7) is 3.85. The van der Waals surface area contributed by atoms with E-state index < -0.39 is 6.10 Å². The lowest BCUT2D eigenvalue weighted by Gasteiger charge is -2.01. The van der Waals surface area contributed by atoms with Crippen molar-refractivity contribution in [2.24, 2.45) is 0 Å². The van der Waals surface area contributed by atoms with Gasteiger partial charge >= 0.3 is 0 Å². The van der Waals surface area contributed by atoms with Crippen molar-refractivity contribution in [3.05, 3.63) is 0 Å². The van der Waals surface area contributed by atoms with Crippen LogP contribution in [0.4, 0.5) is 0 Å². The SMILES string of the molecule is CCC(O)CCO.CCCC(O)CO. The molecule has 4 nitrogen and oxygen atoms in total. The Hall–Kier alpha value is -0.160. The minimum atomic E-state index is -0.495. The van der Waals surface area contributed by atoms with Gasteiger partial charge in [-0.05, 0) is 19.3 Å². The van der Waals surface area contributed by atoms with Crippen molar-refractivity contribution in [2.45, 2.75) is 51.7 Å². The second kappa shape index (κ2) is 12.8. The molecule has 0 rings (SSSR count). The molecule has 0 aliphatic rings. The Morgan fingerprint density at radius 3 is 1.64 bits per heavy atom. The van der Waals surface area contributed by atoms with E-state index >= 15 is 0 Å². The fourth-order valence-electron chi connectivity index (χ4n) is 0.778. The van der Waals surface area contributed by atoms with E-state index in [1.54, 1.807) is 0 Å². The van der Waals surface area contributed by atoms with Gasteiger partial charge in [-0.1, -0.05) is 20.3 Å². The molecule has 2 unspecified atom stereocenters. The number of hydrogen-bond donors (Lipinski definition) is 4. The van der Waals surface area contributed by atoms with E-state index in [-0.39, 0.29) is 19.3 Å². The van der Waals surface area contributed by atoms with Crippen molar-refractivity contribution >= 4 is 0 Å². The second-order valence-electron chi connectivity index (χ2n) is 3.20. The number of rotatable bonds is 6. The molecule has 0 saturated heterocycles. The van der Waals surface area contributed by atoms with Crippen molar-refractivity contribution in [1.82, 2.24) is 0 Å². The van der Waals surface area contributed by atoms with E-state index in [2.05, 4.69) is 0 Å². The van der Waals surface area contributed by atoms with Crippen molar-refractivity contribution in [2.75, 3.05) is 13.2 Å². The van der Waals surface area contributed by atoms with E-state index in [4.69, 9.17) is 20.4 Å². The lowest BCUT2D eigenvalue weighted by molar-refractivity contribution is 0.0877. The quantitative estimate of drug-likeness (QED) is 0.505. The summed E-state index contributed by atoms with van der Waals surface area (Å²) in [5, 5.41) is 33.7. The van der Waals surface area contributed by atoms with Crippen LogP contribution in [0.2, 0.25) is 0 Å². The average Bonchev–Trinajstić information content (AvgIpc) is 2.19. The van der Waals surface area contributed by atoms with Gasteiger partial charge in [-0.25, -0.2) is 0 Å². The molecule has 0 aliphatic carbocycles. The van der Waals surface area contributed by atoms with Crippen LogP contribution in [0.25, 0.3) is 0 Å². The van der Waals surface area contributed by atoms with Crippen LogP contribution in [0, 0.1) is 0 Å². The van der Waals surface area contributed by atoms with Crippen molar-refractivity contribution in [3.8, 4) is 0 Å². The molecule has 0 spiro atoms. The highest BCUT2D eigenvalue weighted by Crippen LogP contribution is 1.93. The molecule has 0 aliphatic heterocycles. The lowest BCUT2D eigenvalue weighted by Crippen LogP contribution is -2.10. The Balaban J connectivity index is 0. The smallest absolute Gasteiger partial charge is 0.0770 e. The maximum absolute atomic E-state index is 8.70. The van der Waals surface area contributed by atoms with E-state index in [1.807, 2.05) is 13.8 Å². The number of aliphatic hydroxyl groups is 4. The second-order valence-corrected chi connectivity index (χ2v) is 3.20. The molecule has 0 aromatic rings. The lowest BCUT2D eigenvalue weighted by atomic mass is 10.2. The first-order chi connectivity index (χ1) is 6.62. The largest absolute Gasteiger partial charge is 0.396 e. The van der Waals surface area contributed by atoms with Crippen LogP contribution < -0.4 is 0 Å². The van der Waals surface area contributed by atoms with Crippen LogP contribution in [0.5, 0.6) is 0 Å². The summed E-state index contributed by atoms with van der Waals surface area (Å²) >= 11 is 0. The molecular formula is C10H24O4. The van der Waals surface area contributed by atoms with Crippen LogP contribution in [0.3, 0.4) is 0 Å². The predicted molar refractivity (Wildman–Crippen MR) is 56.0 cm³/mol. The highest BCUT2D eigenvalue weighted by atomic mass is 16.3. The molecule has 14 heavy (non-hydrogen) atoms. The number of aliphatic hydroxyl groups excluding tert-OH is 4. The summed E-state index contributed by atoms with van der Waals surface area (Å²) in [6, 6.07) is 0. The molecule has 88 valence electrons. The Morgan fingerprint density at radius 1 is 0.929 bits per heavy atom. The predicted octanol–water partition coefficient (Wildman–Crippen LogP) is 0.279. The fraction of sp³-hybridized carbons (Fsp3) is 1.00. The van der Waals surface area contributed by atoms with Crippen molar-refractivity contribution in [1.29, 1.82) is 0 Å². The standard InChI is InChI=1S/2C5H12O2/c1-2-5(7)3-4-6;1-2-3-5(7)4-6/h2*5-7H,2-4H2,1H3. The summed E-state index contributed by atoms with van der Waals surface area (Å²) < 4.78 is 0. The average molecular weight is 208 g/mol. The third kappa shape index (κ3) is 14.4. The van der Waals surface area contributed by atoms with Crippen molar-refractivity contribution in [3.63, 3.8) is 0 Å². The van der Waals surface area contributed by atoms with Gasteiger partial charge in [0.25, 0.3) is 0 Å². The van der Waals surface area contributed by atoms with E-state index in [1.165, 1.54) is 0 Å². The topological polar surface area (TPSA) is 80.9 Å². The van der Waals surface area contributed by atoms with Crippen LogP contribution in [0.15, 0.2) is 0 Å². The van der Waals surface area contributed by atoms with Crippen LogP contribution >= 0.6 is 0 Å². The van der Waals surface area contributed by atoms with Crippen LogP contribution in [-0.4, -0.2) is 45.8 Å². The first-order valence-corrected chi connectivity index (χ1v) is 5.20. The minimum absolute atomic E-state index is 0.0923. The molecule has 0 heterocycles. The summed E-state index contributed by atoms with van der Waals surface area (Å²) in [5.41, 5.74) is 0. The van der Waals surface area contributed by atoms with Gasteiger partial charge in [0.2, 0.25) is 0 Å². The molecular weight excluding hydrogens is 184 g/mol. The van der Waals surface area contributed by atoms with E-state index in [9.17, 15) is 0 Å². The molecule has 0 fully saturated rings. The molecule has 0 saturated carbocycles. The monoisotopic (exact) mass is 208 g/mol. The molecule has 0 radical (unpaired) electrons. The van der Waals surface area contributed by atoms with Gasteiger partial charge in [-0.15, -0.1) is 0 Å². The van der Waals surface area contributed by atoms with Gasteiger partial charge in [0.15, 0.2) is 0 Å². The van der Waals surface area contributed by atoms with Gasteiger partial charge in [-0.2, -0.15) is 0 Å². The summed E-state index contributed by atoms with van der Waals surface area (Å²) in [5.74, 6) is 0. The molecule has 0 aromatic heterocycles. The van der Waals surface area contributed by atoms with E-state index in [0.717, 1.165) is 12.8 Å². The Bertz CT molecular complexity index is 86.1. The Kier molecular flexibility index (Phi) is 14.9. The molecule has 0 aromatic carbocycles. The van der Waals surface area contributed by atoms with Crippen LogP contribution in [0.1, 0.15) is 39.5 Å². The summed E-state index contributed by atoms with van der Waals surface area (Å²) in [7, 11) is 0. The van der Waals surface area contributed by atoms with Gasteiger partial charge in [0.05, 0.1) is 18.8 Å². The third-order valence-electron chi connectivity index (χ3n) is 1.77.